The van der Waals surface area contributed by atoms with Crippen molar-refractivity contribution in [1.82, 2.24) is 10.4 Å². The fraction of sp³-hybridized carbons (Fsp3) is 0.471. The van der Waals surface area contributed by atoms with E-state index >= 15 is 0 Å². The van der Waals surface area contributed by atoms with Crippen LogP contribution in [0.15, 0.2) is 42.0 Å². The van der Waals surface area contributed by atoms with E-state index < -0.39 is 0 Å². The summed E-state index contributed by atoms with van der Waals surface area (Å²) in [6.45, 7) is 0. The number of thiazole rings is 1. The van der Waals surface area contributed by atoms with Crippen molar-refractivity contribution in [2.45, 2.75) is 50.0 Å². The number of nitrogens with zero attached hydrogens (tertiary/aromatic N) is 1. The standard InChI is InChI=1S/C17H23N3S/c18-20-16(11-15-12-19-13-21-15)17(9-5-2-6-10-17)14-7-3-1-4-8-14/h1,3-4,7-8,12-13,16,20H,2,5-6,9-11,18H2. The van der Waals surface area contributed by atoms with Crippen molar-refractivity contribution in [3.8, 4) is 0 Å². The van der Waals surface area contributed by atoms with Crippen molar-refractivity contribution < 1.29 is 0 Å². The lowest BCUT2D eigenvalue weighted by Crippen LogP contribution is -2.53. The molecular weight excluding hydrogens is 278 g/mol. The summed E-state index contributed by atoms with van der Waals surface area (Å²) in [5, 5.41) is 0. The van der Waals surface area contributed by atoms with Gasteiger partial charge < -0.3 is 0 Å². The van der Waals surface area contributed by atoms with E-state index in [-0.39, 0.29) is 11.5 Å². The first-order chi connectivity index (χ1) is 10.3. The number of nitrogens with two attached hydrogens (primary N) is 1. The van der Waals surface area contributed by atoms with Gasteiger partial charge in [0.05, 0.1) is 5.51 Å². The number of benzene rings is 1. The monoisotopic (exact) mass is 301 g/mol. The van der Waals surface area contributed by atoms with Gasteiger partial charge in [-0.3, -0.25) is 16.3 Å². The third-order valence-electron chi connectivity index (χ3n) is 4.85. The molecule has 112 valence electrons. The quantitative estimate of drug-likeness (QED) is 0.657. The van der Waals surface area contributed by atoms with E-state index in [0.717, 1.165) is 6.42 Å². The first-order valence-electron chi connectivity index (χ1n) is 7.74. The van der Waals surface area contributed by atoms with Crippen LogP contribution in [0.3, 0.4) is 0 Å². The molecule has 0 amide bonds. The highest BCUT2D eigenvalue weighted by molar-refractivity contribution is 7.09. The molecule has 3 rings (SSSR count). The molecule has 2 aromatic rings. The SMILES string of the molecule is NNC(Cc1cncs1)C1(c2ccccc2)CCCCC1. The van der Waals surface area contributed by atoms with Crippen LogP contribution >= 0.6 is 11.3 Å². The zero-order valence-corrected chi connectivity index (χ0v) is 13.1. The van der Waals surface area contributed by atoms with Crippen LogP contribution in [0, 0.1) is 0 Å². The first kappa shape index (κ1) is 14.7. The molecule has 0 aliphatic heterocycles. The highest BCUT2D eigenvalue weighted by Crippen LogP contribution is 2.43. The Labute approximate surface area is 130 Å². The topological polar surface area (TPSA) is 50.9 Å². The third-order valence-corrected chi connectivity index (χ3v) is 5.65. The Morgan fingerprint density at radius 3 is 2.57 bits per heavy atom. The highest BCUT2D eigenvalue weighted by atomic mass is 32.1. The number of rotatable bonds is 5. The maximum atomic E-state index is 5.98. The second-order valence-electron chi connectivity index (χ2n) is 5.97. The molecule has 1 fully saturated rings. The fourth-order valence-corrected chi connectivity index (χ4v) is 4.39. The maximum absolute atomic E-state index is 5.98. The van der Waals surface area contributed by atoms with Crippen LogP contribution in [0.2, 0.25) is 0 Å². The molecule has 1 unspecified atom stereocenters. The maximum Gasteiger partial charge on any atom is 0.0794 e. The molecule has 4 heteroatoms. The number of hydrogen-bond donors (Lipinski definition) is 2. The predicted octanol–water partition coefficient (Wildman–Crippen LogP) is 3.42. The zero-order valence-electron chi connectivity index (χ0n) is 12.3. The van der Waals surface area contributed by atoms with Crippen LogP contribution in [0.5, 0.6) is 0 Å². The van der Waals surface area contributed by atoms with Gasteiger partial charge in [0, 0.05) is 29.0 Å². The van der Waals surface area contributed by atoms with E-state index in [2.05, 4.69) is 40.7 Å². The summed E-state index contributed by atoms with van der Waals surface area (Å²) in [4.78, 5) is 5.50. The van der Waals surface area contributed by atoms with Crippen LogP contribution in [0.1, 0.15) is 42.5 Å². The molecule has 1 aromatic carbocycles. The van der Waals surface area contributed by atoms with E-state index in [1.165, 1.54) is 42.5 Å². The van der Waals surface area contributed by atoms with Crippen molar-refractivity contribution >= 4 is 11.3 Å². The van der Waals surface area contributed by atoms with Crippen molar-refractivity contribution in [3.63, 3.8) is 0 Å². The van der Waals surface area contributed by atoms with Crippen LogP contribution < -0.4 is 11.3 Å². The largest absolute Gasteiger partial charge is 0.271 e. The Hall–Kier alpha value is -1.23. The molecular formula is C17H23N3S. The van der Waals surface area contributed by atoms with Gasteiger partial charge in [0.1, 0.15) is 0 Å². The summed E-state index contributed by atoms with van der Waals surface area (Å²) >= 11 is 1.72. The van der Waals surface area contributed by atoms with Crippen molar-refractivity contribution in [2.75, 3.05) is 0 Å². The van der Waals surface area contributed by atoms with E-state index in [1.54, 1.807) is 11.3 Å². The summed E-state index contributed by atoms with van der Waals surface area (Å²) in [6, 6.07) is 11.2. The smallest absolute Gasteiger partial charge is 0.0794 e. The molecule has 0 saturated heterocycles. The zero-order chi connectivity index (χ0) is 14.5. The molecule has 21 heavy (non-hydrogen) atoms. The van der Waals surface area contributed by atoms with Crippen molar-refractivity contribution in [1.29, 1.82) is 0 Å². The summed E-state index contributed by atoms with van der Waals surface area (Å²) in [7, 11) is 0. The van der Waals surface area contributed by atoms with Gasteiger partial charge in [0.2, 0.25) is 0 Å². The Kier molecular flexibility index (Phi) is 4.68. The molecule has 3 nitrogen and oxygen atoms in total. The van der Waals surface area contributed by atoms with Gasteiger partial charge in [0.25, 0.3) is 0 Å². The molecule has 3 N–H and O–H groups in total. The van der Waals surface area contributed by atoms with Crippen molar-refractivity contribution in [3.05, 3.63) is 52.5 Å². The molecule has 1 aliphatic rings. The number of aromatic nitrogens is 1. The van der Waals surface area contributed by atoms with E-state index in [9.17, 15) is 0 Å². The minimum atomic E-state index is 0.151. The summed E-state index contributed by atoms with van der Waals surface area (Å²) in [5.74, 6) is 5.98. The van der Waals surface area contributed by atoms with Gasteiger partial charge in [-0.15, -0.1) is 11.3 Å². The molecule has 0 spiro atoms. The number of nitrogens with one attached hydrogen (secondary N) is 1. The Balaban J connectivity index is 1.93. The summed E-state index contributed by atoms with van der Waals surface area (Å²) < 4.78 is 0. The molecule has 0 bridgehead atoms. The van der Waals surface area contributed by atoms with Gasteiger partial charge in [-0.2, -0.15) is 0 Å². The second kappa shape index (κ2) is 6.69. The summed E-state index contributed by atoms with van der Waals surface area (Å²) in [6.07, 6.45) is 9.26. The van der Waals surface area contributed by atoms with E-state index in [0.29, 0.717) is 0 Å². The van der Waals surface area contributed by atoms with Gasteiger partial charge in [-0.25, -0.2) is 0 Å². The lowest BCUT2D eigenvalue weighted by molar-refractivity contribution is 0.212. The Bertz CT molecular complexity index is 532. The molecule has 1 aromatic heterocycles. The number of hydrazine groups is 1. The van der Waals surface area contributed by atoms with E-state index in [1.807, 2.05) is 11.7 Å². The molecule has 0 radical (unpaired) electrons. The highest BCUT2D eigenvalue weighted by Gasteiger charge is 2.40. The minimum absolute atomic E-state index is 0.151. The number of hydrogen-bond acceptors (Lipinski definition) is 4. The predicted molar refractivity (Wildman–Crippen MR) is 88.1 cm³/mol. The lowest BCUT2D eigenvalue weighted by atomic mass is 9.64. The van der Waals surface area contributed by atoms with Crippen molar-refractivity contribution in [2.24, 2.45) is 5.84 Å². The molecule has 1 saturated carbocycles. The molecule has 1 heterocycles. The van der Waals surface area contributed by atoms with Gasteiger partial charge >= 0.3 is 0 Å². The lowest BCUT2D eigenvalue weighted by Gasteiger charge is -2.44. The first-order valence-corrected chi connectivity index (χ1v) is 8.62. The van der Waals surface area contributed by atoms with Gasteiger partial charge in [-0.1, -0.05) is 49.6 Å². The van der Waals surface area contributed by atoms with Gasteiger partial charge in [-0.05, 0) is 18.4 Å². The van der Waals surface area contributed by atoms with Crippen LogP contribution in [-0.4, -0.2) is 11.0 Å². The van der Waals surface area contributed by atoms with Gasteiger partial charge in [0.15, 0.2) is 0 Å². The summed E-state index contributed by atoms with van der Waals surface area (Å²) in [5.41, 5.74) is 6.61. The van der Waals surface area contributed by atoms with Crippen LogP contribution in [0.4, 0.5) is 0 Å². The fourth-order valence-electron chi connectivity index (χ4n) is 3.75. The Morgan fingerprint density at radius 1 is 1.19 bits per heavy atom. The molecule has 1 atom stereocenters. The van der Waals surface area contributed by atoms with E-state index in [4.69, 9.17) is 5.84 Å². The normalized spacial score (nSPS) is 19.3. The third kappa shape index (κ3) is 3.03. The van der Waals surface area contributed by atoms with Crippen LogP contribution in [-0.2, 0) is 11.8 Å². The Morgan fingerprint density at radius 2 is 1.95 bits per heavy atom. The average Bonchev–Trinajstić information content (AvgIpc) is 3.07. The second-order valence-corrected chi connectivity index (χ2v) is 6.94. The minimum Gasteiger partial charge on any atom is -0.271 e. The average molecular weight is 301 g/mol. The molecule has 1 aliphatic carbocycles. The van der Waals surface area contributed by atoms with Crippen LogP contribution in [0.25, 0.3) is 0 Å².